The number of amides is 2. The molecule has 10 nitrogen and oxygen atoms in total. The van der Waals surface area contributed by atoms with Crippen LogP contribution in [0.5, 0.6) is 11.5 Å². The Morgan fingerprint density at radius 3 is 1.70 bits per heavy atom. The number of aromatic hydroxyl groups is 1. The summed E-state index contributed by atoms with van der Waals surface area (Å²) in [6.07, 6.45) is 6.22. The molecule has 2 amide bonds. The summed E-state index contributed by atoms with van der Waals surface area (Å²) < 4.78 is 9.64. The minimum atomic E-state index is -1.72. The number of carbonyl (C=O) groups excluding carboxylic acids is 2. The molecule has 0 saturated carbocycles. The second-order valence-electron chi connectivity index (χ2n) is 7.62. The highest BCUT2D eigenvalue weighted by Crippen LogP contribution is 2.27. The number of hydrogen-bond donors (Lipinski definition) is 1. The maximum atomic E-state index is 11.9. The predicted molar refractivity (Wildman–Crippen MR) is 153 cm³/mol. The third-order valence-electron chi connectivity index (χ3n) is 4.60. The van der Waals surface area contributed by atoms with Gasteiger partial charge in [-0.1, -0.05) is 0 Å². The van der Waals surface area contributed by atoms with Gasteiger partial charge >= 0.3 is 11.4 Å². The molecule has 0 unspecified atom stereocenters. The number of methoxy groups -OCH3 is 1. The Morgan fingerprint density at radius 2 is 1.30 bits per heavy atom. The number of ether oxygens (including phenoxy) is 1. The van der Waals surface area contributed by atoms with Gasteiger partial charge in [-0.05, 0) is 44.0 Å². The first-order chi connectivity index (χ1) is 17.3. The summed E-state index contributed by atoms with van der Waals surface area (Å²) in [7, 11) is 23.2. The van der Waals surface area contributed by atoms with Crippen LogP contribution in [0, 0.1) is 0 Å². The first-order valence-corrected chi connectivity index (χ1v) is 17.0. The van der Waals surface area contributed by atoms with Gasteiger partial charge in [0.1, 0.15) is 11.5 Å². The smallest absolute Gasteiger partial charge is 0.506 e. The first-order valence-electron chi connectivity index (χ1n) is 10.2. The monoisotopic (exact) mass is 712 g/mol. The molecule has 37 heavy (non-hydrogen) atoms. The summed E-state index contributed by atoms with van der Waals surface area (Å²) in [6.45, 7) is 0. The first kappa shape index (κ1) is 31.5. The fraction of sp³-hybridized carbons (Fsp3) is 0.238. The Morgan fingerprint density at radius 1 is 0.892 bits per heavy atom. The van der Waals surface area contributed by atoms with Gasteiger partial charge in [0.05, 0.1) is 54.1 Å². The van der Waals surface area contributed by atoms with Crippen molar-refractivity contribution in [2.24, 2.45) is 0 Å². The van der Waals surface area contributed by atoms with Crippen molar-refractivity contribution in [3.63, 3.8) is 0 Å². The van der Waals surface area contributed by atoms with Crippen molar-refractivity contribution < 1.29 is 19.4 Å². The fourth-order valence-corrected chi connectivity index (χ4v) is 4.27. The maximum Gasteiger partial charge on any atom is 0.643 e. The molecule has 0 aliphatic heterocycles. The van der Waals surface area contributed by atoms with Crippen molar-refractivity contribution in [2.45, 2.75) is 0 Å². The maximum absolute atomic E-state index is 11.9. The highest BCUT2D eigenvalue weighted by molar-refractivity contribution is 9.11. The molecule has 4 aromatic heterocycles. The summed E-state index contributed by atoms with van der Waals surface area (Å²) in [5, 5.41) is 17.6. The minimum absolute atomic E-state index is 0.0779. The van der Waals surface area contributed by atoms with Crippen molar-refractivity contribution in [2.75, 3.05) is 35.3 Å². The van der Waals surface area contributed by atoms with E-state index in [-0.39, 0.29) is 17.6 Å². The average Bonchev–Trinajstić information content (AvgIpc) is 3.42. The summed E-state index contributed by atoms with van der Waals surface area (Å²) in [6, 6.07) is 3.34. The van der Waals surface area contributed by atoms with Gasteiger partial charge in [-0.15, -0.1) is 0 Å². The lowest BCUT2D eigenvalue weighted by molar-refractivity contribution is 0.0822. The lowest BCUT2D eigenvalue weighted by Gasteiger charge is -2.09. The van der Waals surface area contributed by atoms with E-state index >= 15 is 0 Å². The lowest BCUT2D eigenvalue weighted by Crippen LogP contribution is -2.21. The molecule has 1 N–H and O–H groups in total. The largest absolute Gasteiger partial charge is 0.643 e. The van der Waals surface area contributed by atoms with E-state index in [1.807, 2.05) is 6.07 Å². The molecule has 0 radical (unpaired) electrons. The van der Waals surface area contributed by atoms with E-state index in [1.165, 1.54) is 32.8 Å². The zero-order chi connectivity index (χ0) is 28.0. The lowest BCUT2D eigenvalue weighted by atomic mass is 10.2. The van der Waals surface area contributed by atoms with Crippen LogP contribution in [-0.4, -0.2) is 92.6 Å². The number of pyridine rings is 2. The molecule has 0 spiro atoms. The van der Waals surface area contributed by atoms with Gasteiger partial charge in [-0.3, -0.25) is 9.59 Å². The average molecular weight is 716 g/mol. The van der Waals surface area contributed by atoms with Gasteiger partial charge in [0.2, 0.25) is 0 Å². The highest BCUT2D eigenvalue weighted by atomic mass is 79.9. The number of aromatic nitrogens is 4. The number of nitrogens with zero attached hydrogens (tertiary/aromatic N) is 6. The van der Waals surface area contributed by atoms with Crippen LogP contribution < -0.4 is 4.74 Å². The molecule has 0 aliphatic rings. The highest BCUT2D eigenvalue weighted by Gasteiger charge is 2.18. The zero-order valence-electron chi connectivity index (χ0n) is 20.3. The fourth-order valence-electron chi connectivity index (χ4n) is 3.01. The van der Waals surface area contributed by atoms with Crippen molar-refractivity contribution in [1.82, 2.24) is 29.0 Å². The Bertz CT molecular complexity index is 1410. The number of halogens is 5. The van der Waals surface area contributed by atoms with Gasteiger partial charge < -0.3 is 19.6 Å². The van der Waals surface area contributed by atoms with E-state index in [4.69, 9.17) is 34.9 Å². The van der Waals surface area contributed by atoms with Gasteiger partial charge in [-0.2, -0.15) is 10.2 Å². The van der Waals surface area contributed by atoms with E-state index < -0.39 is 11.4 Å². The molecule has 198 valence electrons. The van der Waals surface area contributed by atoms with Gasteiger partial charge in [-0.25, -0.2) is 39.2 Å². The Kier molecular flexibility index (Phi) is 11.8. The molecule has 0 bridgehead atoms. The van der Waals surface area contributed by atoms with Crippen LogP contribution in [0.2, 0.25) is 0 Å². The summed E-state index contributed by atoms with van der Waals surface area (Å²) >= 11 is 5.01. The van der Waals surface area contributed by atoms with Crippen molar-refractivity contribution in [1.29, 1.82) is 0 Å². The van der Waals surface area contributed by atoms with Gasteiger partial charge in [0, 0.05) is 37.1 Å². The summed E-state index contributed by atoms with van der Waals surface area (Å²) in [5.74, 6) is 0.565. The quantitative estimate of drug-likeness (QED) is 0.300. The van der Waals surface area contributed by atoms with Crippen LogP contribution in [0.15, 0.2) is 45.9 Å². The molecule has 0 atom stereocenters. The van der Waals surface area contributed by atoms with Crippen LogP contribution >= 0.6 is 62.0 Å². The topological polar surface area (TPSA) is 105 Å². The molecule has 0 fully saturated rings. The molecule has 0 aliphatic carbocycles. The second kappa shape index (κ2) is 13.9. The Labute approximate surface area is 246 Å². The van der Waals surface area contributed by atoms with E-state index in [0.29, 0.717) is 26.9 Å². The molecule has 4 heterocycles. The summed E-state index contributed by atoms with van der Waals surface area (Å²) in [5.41, 5.74) is 2.45. The van der Waals surface area contributed by atoms with Crippen LogP contribution in [-0.2, 0) is 0 Å². The number of rotatable bonds is 3. The third kappa shape index (κ3) is 8.13. The Balaban J connectivity index is 0.000000228. The van der Waals surface area contributed by atoms with Crippen molar-refractivity contribution in [3.05, 3.63) is 57.0 Å². The molecular weight excluding hydrogens is 693 g/mol. The second-order valence-corrected chi connectivity index (χ2v) is 15.8. The van der Waals surface area contributed by atoms with E-state index in [9.17, 15) is 14.7 Å². The zero-order valence-corrected chi connectivity index (χ0v) is 26.9. The number of fused-ring (bicyclic) bond motifs is 2. The molecule has 0 aromatic carbocycles. The standard InChI is InChI=1S/C11H12BrN3O2.C10H10BrN3O2.Al.3ClH/c1-14(2)11(16)8-5-13-15-6-7(17-3)4-9(12)10(8)15;1-13(2)10(16)7-4-12-14-5-6(15)3-8(11)9(7)14;;;;/h4-6H,1-3H3;3-5,15H,1-2H3;;3*1H/q;;+3;;;/p-3. The normalized spacial score (nSPS) is 10.2. The third-order valence-corrected chi connectivity index (χ3v) is 5.81. The molecule has 4 aromatic rings. The molecule has 16 heteroatoms. The number of carbonyl (C=O) groups is 2. The minimum Gasteiger partial charge on any atom is -0.506 e. The van der Waals surface area contributed by atoms with Gasteiger partial charge in [0.15, 0.2) is 0 Å². The van der Waals surface area contributed by atoms with E-state index in [0.717, 1.165) is 9.99 Å². The molecule has 0 saturated heterocycles. The van der Waals surface area contributed by atoms with Crippen LogP contribution in [0.4, 0.5) is 0 Å². The molecular formula is C21H22AlBr2Cl3N6O4. The van der Waals surface area contributed by atoms with Gasteiger partial charge in [0.25, 0.3) is 11.8 Å². The van der Waals surface area contributed by atoms with Crippen molar-refractivity contribution >= 4 is 96.2 Å². The van der Waals surface area contributed by atoms with Crippen LogP contribution in [0.1, 0.15) is 20.7 Å². The van der Waals surface area contributed by atoms with E-state index in [1.54, 1.807) is 52.2 Å². The Hall–Kier alpha value is -1.72. The van der Waals surface area contributed by atoms with Crippen molar-refractivity contribution in [3.8, 4) is 11.5 Å². The van der Waals surface area contributed by atoms with E-state index in [2.05, 4.69) is 42.1 Å². The predicted octanol–water partition coefficient (Wildman–Crippen LogP) is 5.00. The summed E-state index contributed by atoms with van der Waals surface area (Å²) in [4.78, 5) is 26.8. The SMILES string of the molecule is CN(C)C(=O)c1cnn2cc(O)cc(Br)c12.COc1cc(Br)c2c(C(=O)N(C)C)cnn2c1.[Cl][Al]([Cl])[Cl]. The number of hydrogen-bond acceptors (Lipinski definition) is 6. The van der Waals surface area contributed by atoms with Crippen LogP contribution in [0.25, 0.3) is 11.0 Å². The van der Waals surface area contributed by atoms with Crippen LogP contribution in [0.3, 0.4) is 0 Å². The molecule has 4 rings (SSSR count).